The lowest BCUT2D eigenvalue weighted by Gasteiger charge is -2.15. The molecule has 0 saturated carbocycles. The Kier molecular flexibility index (Phi) is 8.57. The molecule has 0 amide bonds. The van der Waals surface area contributed by atoms with Gasteiger partial charge in [-0.2, -0.15) is 0 Å². The number of methoxy groups -OCH3 is 1. The second-order valence-electron chi connectivity index (χ2n) is 3.40. The van der Waals surface area contributed by atoms with Crippen molar-refractivity contribution in [3.05, 3.63) is 29.9 Å². The van der Waals surface area contributed by atoms with Crippen LogP contribution in [-0.4, -0.2) is 50.0 Å². The molecule has 0 saturated heterocycles. The fraction of sp³-hybridized carbons (Fsp3) is 0.417. The first kappa shape index (κ1) is 17.4. The van der Waals surface area contributed by atoms with Gasteiger partial charge in [-0.05, 0) is 17.3 Å². The lowest BCUT2D eigenvalue weighted by molar-refractivity contribution is -0.153. The molecule has 1 N–H and O–H groups in total. The molecule has 0 aliphatic heterocycles. The van der Waals surface area contributed by atoms with Crippen molar-refractivity contribution in [1.29, 1.82) is 0 Å². The molecule has 0 fully saturated rings. The first-order valence-corrected chi connectivity index (χ1v) is 5.27. The Morgan fingerprint density at radius 1 is 1.47 bits per heavy atom. The maximum Gasteiger partial charge on any atom is 0.337 e. The van der Waals surface area contributed by atoms with E-state index >= 15 is 0 Å². The zero-order chi connectivity index (χ0) is 13.4. The Morgan fingerprint density at radius 2 is 2.11 bits per heavy atom. The molecule has 0 heterocycles. The highest BCUT2D eigenvalue weighted by atomic mass is 35.5. The minimum Gasteiger partial charge on any atom is -0.467 e. The summed E-state index contributed by atoms with van der Waals surface area (Å²) < 4.78 is 9.66. The van der Waals surface area contributed by atoms with Crippen LogP contribution in [0.1, 0.15) is 0 Å². The predicted molar refractivity (Wildman–Crippen MR) is 71.2 cm³/mol. The first-order valence-electron chi connectivity index (χ1n) is 5.27. The van der Waals surface area contributed by atoms with E-state index in [9.17, 15) is 9.90 Å². The van der Waals surface area contributed by atoms with Gasteiger partial charge in [0.2, 0.25) is 0 Å². The van der Waals surface area contributed by atoms with Gasteiger partial charge in [0.25, 0.3) is 0 Å². The van der Waals surface area contributed by atoms with E-state index in [1.807, 2.05) is 0 Å². The average Bonchev–Trinajstić information content (AvgIpc) is 2.42. The molecule has 1 aliphatic rings. The van der Waals surface area contributed by atoms with Crippen LogP contribution in [-0.2, 0) is 19.1 Å². The number of carbonyl (C=O) groups is 1. The third-order valence-electron chi connectivity index (χ3n) is 2.12. The van der Waals surface area contributed by atoms with Crippen LogP contribution in [0.4, 0.5) is 0 Å². The molecule has 0 aromatic carbocycles. The molecule has 6 nitrogen and oxygen atoms in total. The van der Waals surface area contributed by atoms with Gasteiger partial charge < -0.3 is 19.4 Å². The second-order valence-corrected chi connectivity index (χ2v) is 3.40. The fourth-order valence-electron chi connectivity index (χ4n) is 1.21. The summed E-state index contributed by atoms with van der Waals surface area (Å²) in [5.74, 6) is 1.93. The number of ether oxygens (including phenoxy) is 2. The molecule has 7 heteroatoms. The van der Waals surface area contributed by atoms with E-state index in [0.717, 1.165) is 5.57 Å². The number of aliphatic hydroxyl groups is 1. The zero-order valence-corrected chi connectivity index (χ0v) is 11.4. The van der Waals surface area contributed by atoms with Crippen molar-refractivity contribution in [2.24, 2.45) is 5.16 Å². The van der Waals surface area contributed by atoms with Crippen LogP contribution in [0, 0.1) is 0 Å². The van der Waals surface area contributed by atoms with Crippen molar-refractivity contribution in [2.75, 3.05) is 20.8 Å². The second kappa shape index (κ2) is 9.35. The first-order chi connectivity index (χ1) is 8.67. The third kappa shape index (κ3) is 6.22. The van der Waals surface area contributed by atoms with Gasteiger partial charge in [0.05, 0.1) is 19.8 Å². The van der Waals surface area contributed by atoms with Crippen molar-refractivity contribution in [1.82, 2.24) is 0 Å². The van der Waals surface area contributed by atoms with Gasteiger partial charge in [-0.15, -0.1) is 12.4 Å². The molecular weight excluding hydrogens is 274 g/mol. The van der Waals surface area contributed by atoms with Gasteiger partial charge in [0, 0.05) is 11.4 Å². The van der Waals surface area contributed by atoms with Gasteiger partial charge in [-0.1, -0.05) is 12.2 Å². The van der Waals surface area contributed by atoms with Crippen LogP contribution in [0.2, 0.25) is 0 Å². The van der Waals surface area contributed by atoms with Crippen molar-refractivity contribution < 1.29 is 24.2 Å². The van der Waals surface area contributed by atoms with Crippen LogP contribution in [0.15, 0.2) is 35.0 Å². The molecular formula is C12H16ClNO5. The summed E-state index contributed by atoms with van der Waals surface area (Å²) in [6.07, 6.45) is 5.41. The number of halogens is 1. The fourth-order valence-corrected chi connectivity index (χ4v) is 1.21. The number of rotatable bonds is 5. The van der Waals surface area contributed by atoms with Crippen molar-refractivity contribution in [3.63, 3.8) is 0 Å². The third-order valence-corrected chi connectivity index (χ3v) is 2.12. The van der Waals surface area contributed by atoms with E-state index in [1.54, 1.807) is 24.3 Å². The lowest BCUT2D eigenvalue weighted by atomic mass is 10.1. The van der Waals surface area contributed by atoms with E-state index in [4.69, 9.17) is 4.74 Å². The topological polar surface area (TPSA) is 77.4 Å². The Labute approximate surface area is 117 Å². The minimum absolute atomic E-state index is 0. The quantitative estimate of drug-likeness (QED) is 0.456. The SMILES string of the molecule is CON=C=C1C=CC(OC[C@@H](O)C(=O)OC)C=C1.Cl. The largest absolute Gasteiger partial charge is 0.467 e. The van der Waals surface area contributed by atoms with Crippen LogP contribution in [0.25, 0.3) is 0 Å². The van der Waals surface area contributed by atoms with E-state index in [-0.39, 0.29) is 25.1 Å². The lowest BCUT2D eigenvalue weighted by Crippen LogP contribution is -2.29. The smallest absolute Gasteiger partial charge is 0.337 e. The molecule has 106 valence electrons. The summed E-state index contributed by atoms with van der Waals surface area (Å²) >= 11 is 0. The summed E-state index contributed by atoms with van der Waals surface area (Å²) in [6, 6.07) is 0. The van der Waals surface area contributed by atoms with Crippen LogP contribution in [0.3, 0.4) is 0 Å². The summed E-state index contributed by atoms with van der Waals surface area (Å²) in [6.45, 7) is -0.128. The zero-order valence-electron chi connectivity index (χ0n) is 10.6. The summed E-state index contributed by atoms with van der Waals surface area (Å²) in [5.41, 5.74) is 0.741. The van der Waals surface area contributed by atoms with Crippen LogP contribution >= 0.6 is 12.4 Å². The van der Waals surface area contributed by atoms with Gasteiger partial charge in [-0.25, -0.2) is 4.79 Å². The molecule has 0 radical (unpaired) electrons. The number of esters is 1. The van der Waals surface area contributed by atoms with E-state index in [1.165, 1.54) is 14.2 Å². The Balaban J connectivity index is 0.00000324. The van der Waals surface area contributed by atoms with E-state index in [0.29, 0.717) is 0 Å². The molecule has 0 unspecified atom stereocenters. The highest BCUT2D eigenvalue weighted by Crippen LogP contribution is 2.09. The number of allylic oxidation sites excluding steroid dienone is 3. The normalized spacial score (nSPS) is 18.1. The maximum atomic E-state index is 10.9. The molecule has 0 aromatic rings. The Morgan fingerprint density at radius 3 is 2.63 bits per heavy atom. The highest BCUT2D eigenvalue weighted by Gasteiger charge is 2.17. The monoisotopic (exact) mass is 289 g/mol. The number of nitrogens with zero attached hydrogens (tertiary/aromatic N) is 1. The molecule has 0 bridgehead atoms. The molecule has 0 spiro atoms. The molecule has 19 heavy (non-hydrogen) atoms. The van der Waals surface area contributed by atoms with Crippen molar-refractivity contribution in [2.45, 2.75) is 12.2 Å². The van der Waals surface area contributed by atoms with E-state index < -0.39 is 12.1 Å². The van der Waals surface area contributed by atoms with Gasteiger partial charge in [-0.3, -0.25) is 0 Å². The summed E-state index contributed by atoms with van der Waals surface area (Å²) in [7, 11) is 2.64. The van der Waals surface area contributed by atoms with Gasteiger partial charge in [0.1, 0.15) is 7.11 Å². The molecule has 0 aromatic heterocycles. The summed E-state index contributed by atoms with van der Waals surface area (Å²) in [4.78, 5) is 15.4. The number of carbonyl (C=O) groups excluding carboxylic acids is 1. The Bertz CT molecular complexity index is 396. The summed E-state index contributed by atoms with van der Waals surface area (Å²) in [5, 5.41) is 12.8. The van der Waals surface area contributed by atoms with Crippen molar-refractivity contribution in [3.8, 4) is 0 Å². The molecule has 1 rings (SSSR count). The van der Waals surface area contributed by atoms with Gasteiger partial charge in [0.15, 0.2) is 6.10 Å². The standard InChI is InChI=1S/C12H15NO5.ClH/c1-16-12(15)11(14)8-18-10-5-3-9(4-6-10)7-13-17-2;/h3-6,10-11,14H,8H2,1-2H3;1H/t11-;/m1./s1. The average molecular weight is 290 g/mol. The number of aliphatic hydroxyl groups excluding tert-OH is 1. The minimum atomic E-state index is -1.27. The molecule has 1 aliphatic carbocycles. The number of hydrogen-bond acceptors (Lipinski definition) is 6. The highest BCUT2D eigenvalue weighted by molar-refractivity contribution is 5.85. The van der Waals surface area contributed by atoms with Crippen LogP contribution < -0.4 is 0 Å². The Hall–Kier alpha value is -1.59. The maximum absolute atomic E-state index is 10.9. The van der Waals surface area contributed by atoms with E-state index in [2.05, 4.69) is 20.6 Å². The predicted octanol–water partition coefficient (Wildman–Crippen LogP) is 0.611. The van der Waals surface area contributed by atoms with Crippen molar-refractivity contribution >= 4 is 24.2 Å². The van der Waals surface area contributed by atoms with Crippen LogP contribution in [0.5, 0.6) is 0 Å². The molecule has 1 atom stereocenters. The van der Waals surface area contributed by atoms with Gasteiger partial charge >= 0.3 is 5.97 Å². The number of hydrogen-bond donors (Lipinski definition) is 1.